The molecule has 0 saturated heterocycles. The normalized spacial score (nSPS) is 10.5. The third-order valence-corrected chi connectivity index (χ3v) is 2.41. The minimum Gasteiger partial charge on any atom is -0.494 e. The summed E-state index contributed by atoms with van der Waals surface area (Å²) in [6.07, 6.45) is 4.50. The van der Waals surface area contributed by atoms with Gasteiger partial charge in [0.2, 0.25) is 0 Å². The molecule has 1 aromatic heterocycles. The van der Waals surface area contributed by atoms with Crippen molar-refractivity contribution < 1.29 is 9.84 Å². The van der Waals surface area contributed by atoms with Crippen LogP contribution >= 0.6 is 0 Å². The Morgan fingerprint density at radius 1 is 1.29 bits per heavy atom. The van der Waals surface area contributed by atoms with Crippen LogP contribution in [0.2, 0.25) is 0 Å². The van der Waals surface area contributed by atoms with Gasteiger partial charge in [-0.2, -0.15) is 0 Å². The van der Waals surface area contributed by atoms with Crippen LogP contribution in [0.25, 0.3) is 5.69 Å². The van der Waals surface area contributed by atoms with Crippen molar-refractivity contribution in [3.05, 3.63) is 42.5 Å². The lowest BCUT2D eigenvalue weighted by molar-refractivity contribution is 0.277. The second kappa shape index (κ2) is 5.50. The van der Waals surface area contributed by atoms with Crippen molar-refractivity contribution in [1.29, 1.82) is 0 Å². The fraction of sp³-hybridized carbons (Fsp3) is 0.308. The number of nitrogens with zero attached hydrogens (tertiary/aromatic N) is 2. The molecule has 0 amide bonds. The minimum atomic E-state index is -0.0370. The number of benzene rings is 1. The van der Waals surface area contributed by atoms with E-state index < -0.39 is 0 Å². The lowest BCUT2D eigenvalue weighted by Gasteiger charge is -2.06. The summed E-state index contributed by atoms with van der Waals surface area (Å²) in [5.74, 6) is 0.873. The number of aliphatic hydroxyl groups is 1. The van der Waals surface area contributed by atoms with Gasteiger partial charge in [0.15, 0.2) is 0 Å². The molecular weight excluding hydrogens is 216 g/mol. The Hall–Kier alpha value is -1.81. The maximum atomic E-state index is 8.94. The number of ether oxygens (including phenoxy) is 1. The molecule has 17 heavy (non-hydrogen) atoms. The van der Waals surface area contributed by atoms with Crippen LogP contribution in [0.15, 0.2) is 36.8 Å². The van der Waals surface area contributed by atoms with Crippen molar-refractivity contribution in [2.24, 2.45) is 0 Å². The average Bonchev–Trinajstić information content (AvgIpc) is 2.86. The van der Waals surface area contributed by atoms with Gasteiger partial charge in [-0.1, -0.05) is 6.92 Å². The van der Waals surface area contributed by atoms with Crippen LogP contribution in [-0.2, 0) is 6.61 Å². The summed E-state index contributed by atoms with van der Waals surface area (Å²) in [6.45, 7) is 2.78. The highest BCUT2D eigenvalue weighted by Gasteiger charge is 2.00. The molecule has 90 valence electrons. The standard InChI is InChI=1S/C13H16N2O2/c1-2-7-17-13-5-3-12(4-6-13)15-8-11(9-16)14-10-15/h3-6,8,10,16H,2,7,9H2,1H3. The fourth-order valence-electron chi connectivity index (χ4n) is 1.52. The van der Waals surface area contributed by atoms with Gasteiger partial charge in [0.05, 0.1) is 25.2 Å². The highest BCUT2D eigenvalue weighted by molar-refractivity contribution is 5.37. The zero-order valence-electron chi connectivity index (χ0n) is 9.84. The maximum Gasteiger partial charge on any atom is 0.119 e. The Kier molecular flexibility index (Phi) is 3.77. The SMILES string of the molecule is CCCOc1ccc(-n2cnc(CO)c2)cc1. The quantitative estimate of drug-likeness (QED) is 0.859. The van der Waals surface area contributed by atoms with Gasteiger partial charge in [-0.05, 0) is 30.7 Å². The number of imidazole rings is 1. The van der Waals surface area contributed by atoms with E-state index in [1.54, 1.807) is 6.33 Å². The molecule has 1 N–H and O–H groups in total. The third kappa shape index (κ3) is 2.85. The van der Waals surface area contributed by atoms with Gasteiger partial charge in [-0.15, -0.1) is 0 Å². The summed E-state index contributed by atoms with van der Waals surface area (Å²) in [7, 11) is 0. The van der Waals surface area contributed by atoms with Crippen molar-refractivity contribution in [3.8, 4) is 11.4 Å². The van der Waals surface area contributed by atoms with Gasteiger partial charge >= 0.3 is 0 Å². The molecule has 2 rings (SSSR count). The molecule has 0 saturated carbocycles. The second-order valence-corrected chi connectivity index (χ2v) is 3.77. The summed E-state index contributed by atoms with van der Waals surface area (Å²) in [5, 5.41) is 8.94. The maximum absolute atomic E-state index is 8.94. The van der Waals surface area contributed by atoms with Crippen LogP contribution in [0, 0.1) is 0 Å². The Labute approximate surface area is 100 Å². The lowest BCUT2D eigenvalue weighted by atomic mass is 10.3. The van der Waals surface area contributed by atoms with Crippen molar-refractivity contribution in [2.75, 3.05) is 6.61 Å². The fourth-order valence-corrected chi connectivity index (χ4v) is 1.52. The zero-order valence-corrected chi connectivity index (χ0v) is 9.84. The molecular formula is C13H16N2O2. The van der Waals surface area contributed by atoms with Crippen LogP contribution in [0.4, 0.5) is 0 Å². The van der Waals surface area contributed by atoms with E-state index in [4.69, 9.17) is 9.84 Å². The highest BCUT2D eigenvalue weighted by Crippen LogP contribution is 2.15. The second-order valence-electron chi connectivity index (χ2n) is 3.77. The smallest absolute Gasteiger partial charge is 0.119 e. The van der Waals surface area contributed by atoms with Gasteiger partial charge in [0.25, 0.3) is 0 Å². The van der Waals surface area contributed by atoms with E-state index in [2.05, 4.69) is 11.9 Å². The zero-order chi connectivity index (χ0) is 12.1. The molecule has 4 nitrogen and oxygen atoms in total. The van der Waals surface area contributed by atoms with Gasteiger partial charge in [0, 0.05) is 11.9 Å². The van der Waals surface area contributed by atoms with E-state index in [1.807, 2.05) is 35.0 Å². The lowest BCUT2D eigenvalue weighted by Crippen LogP contribution is -1.95. The summed E-state index contributed by atoms with van der Waals surface area (Å²) in [6, 6.07) is 7.80. The van der Waals surface area contributed by atoms with Crippen molar-refractivity contribution in [1.82, 2.24) is 9.55 Å². The molecule has 0 atom stereocenters. The number of rotatable bonds is 5. The molecule has 0 bridgehead atoms. The topological polar surface area (TPSA) is 47.3 Å². The Balaban J connectivity index is 2.11. The monoisotopic (exact) mass is 232 g/mol. The largest absolute Gasteiger partial charge is 0.494 e. The van der Waals surface area contributed by atoms with Crippen LogP contribution < -0.4 is 4.74 Å². The van der Waals surface area contributed by atoms with Gasteiger partial charge in [0.1, 0.15) is 5.75 Å². The molecule has 4 heteroatoms. The molecule has 0 unspecified atom stereocenters. The first-order valence-electron chi connectivity index (χ1n) is 5.70. The predicted octanol–water partition coefficient (Wildman–Crippen LogP) is 2.15. The highest BCUT2D eigenvalue weighted by atomic mass is 16.5. The Morgan fingerprint density at radius 2 is 2.06 bits per heavy atom. The van der Waals surface area contributed by atoms with Crippen molar-refractivity contribution in [3.63, 3.8) is 0 Å². The molecule has 0 spiro atoms. The Bertz CT molecular complexity index is 463. The summed E-state index contributed by atoms with van der Waals surface area (Å²) in [5.41, 5.74) is 1.66. The Morgan fingerprint density at radius 3 is 2.65 bits per heavy atom. The number of hydrogen-bond acceptors (Lipinski definition) is 3. The first-order chi connectivity index (χ1) is 8.33. The molecule has 0 fully saturated rings. The summed E-state index contributed by atoms with van der Waals surface area (Å²) < 4.78 is 7.38. The van der Waals surface area contributed by atoms with E-state index in [-0.39, 0.29) is 6.61 Å². The minimum absolute atomic E-state index is 0.0370. The van der Waals surface area contributed by atoms with Crippen molar-refractivity contribution in [2.45, 2.75) is 20.0 Å². The molecule has 1 aromatic carbocycles. The molecule has 0 aliphatic rings. The average molecular weight is 232 g/mol. The molecule has 0 aliphatic heterocycles. The first-order valence-corrected chi connectivity index (χ1v) is 5.70. The van der Waals surface area contributed by atoms with Gasteiger partial charge in [-0.3, -0.25) is 0 Å². The number of aliphatic hydroxyl groups excluding tert-OH is 1. The van der Waals surface area contributed by atoms with Crippen LogP contribution in [0.5, 0.6) is 5.75 Å². The molecule has 0 aliphatic carbocycles. The molecule has 0 radical (unpaired) electrons. The first kappa shape index (κ1) is 11.7. The summed E-state index contributed by atoms with van der Waals surface area (Å²) in [4.78, 5) is 4.06. The van der Waals surface area contributed by atoms with Gasteiger partial charge < -0.3 is 14.4 Å². The predicted molar refractivity (Wildman–Crippen MR) is 65.3 cm³/mol. The van der Waals surface area contributed by atoms with Crippen LogP contribution in [0.1, 0.15) is 19.0 Å². The van der Waals surface area contributed by atoms with Crippen LogP contribution in [-0.4, -0.2) is 21.3 Å². The number of hydrogen-bond donors (Lipinski definition) is 1. The van der Waals surface area contributed by atoms with E-state index >= 15 is 0 Å². The van der Waals surface area contributed by atoms with E-state index in [9.17, 15) is 0 Å². The van der Waals surface area contributed by atoms with Crippen molar-refractivity contribution >= 4 is 0 Å². The molecule has 1 heterocycles. The van der Waals surface area contributed by atoms with Crippen LogP contribution in [0.3, 0.4) is 0 Å². The summed E-state index contributed by atoms with van der Waals surface area (Å²) >= 11 is 0. The van der Waals surface area contributed by atoms with Gasteiger partial charge in [-0.25, -0.2) is 4.98 Å². The van der Waals surface area contributed by atoms with E-state index in [1.165, 1.54) is 0 Å². The van der Waals surface area contributed by atoms with E-state index in [0.717, 1.165) is 24.5 Å². The van der Waals surface area contributed by atoms with E-state index in [0.29, 0.717) is 5.69 Å². The third-order valence-electron chi connectivity index (χ3n) is 2.41. The number of aromatic nitrogens is 2. The molecule has 2 aromatic rings.